The van der Waals surface area contributed by atoms with Crippen LogP contribution in [0.1, 0.15) is 49.8 Å². The number of hydrogen-bond donors (Lipinski definition) is 1. The lowest BCUT2D eigenvalue weighted by atomic mass is 9.77. The van der Waals surface area contributed by atoms with Gasteiger partial charge in [0.25, 0.3) is 0 Å². The maximum Gasteiger partial charge on any atom is 0.0166 e. The predicted molar refractivity (Wildman–Crippen MR) is 115 cm³/mol. The summed E-state index contributed by atoms with van der Waals surface area (Å²) < 4.78 is 0. The molecule has 0 bridgehead atoms. The van der Waals surface area contributed by atoms with E-state index in [1.807, 2.05) is 0 Å². The van der Waals surface area contributed by atoms with E-state index in [0.29, 0.717) is 11.8 Å². The zero-order valence-corrected chi connectivity index (χ0v) is 16.8. The summed E-state index contributed by atoms with van der Waals surface area (Å²) in [6, 6.07) is 19.4. The van der Waals surface area contributed by atoms with Crippen LogP contribution < -0.4 is 5.32 Å². The van der Waals surface area contributed by atoms with Gasteiger partial charge < -0.3 is 5.32 Å². The van der Waals surface area contributed by atoms with Crippen molar-refractivity contribution in [2.75, 3.05) is 6.54 Å². The first-order valence-electron chi connectivity index (χ1n) is 9.61. The molecule has 2 atom stereocenters. The van der Waals surface area contributed by atoms with Gasteiger partial charge in [-0.3, -0.25) is 0 Å². The molecular weight excluding hydrogens is 314 g/mol. The molecule has 138 valence electrons. The second-order valence-corrected chi connectivity index (χ2v) is 7.84. The first-order chi connectivity index (χ1) is 12.4. The van der Waals surface area contributed by atoms with E-state index in [2.05, 4.69) is 101 Å². The third kappa shape index (κ3) is 5.62. The molecule has 1 nitrogen and oxygen atoms in total. The normalized spacial score (nSPS) is 13.3. The molecule has 0 aliphatic rings. The van der Waals surface area contributed by atoms with Crippen LogP contribution in [-0.4, -0.2) is 6.54 Å². The first kappa shape index (κ1) is 20.0. The molecule has 0 saturated heterocycles. The molecule has 0 radical (unpaired) electrons. The highest BCUT2D eigenvalue weighted by Gasteiger charge is 2.24. The zero-order chi connectivity index (χ0) is 19.1. The minimum absolute atomic E-state index is 0.275. The third-order valence-electron chi connectivity index (χ3n) is 4.85. The molecule has 0 spiro atoms. The van der Waals surface area contributed by atoms with E-state index in [9.17, 15) is 0 Å². The summed E-state index contributed by atoms with van der Waals surface area (Å²) in [6.45, 7) is 18.6. The van der Waals surface area contributed by atoms with Crippen molar-refractivity contribution < 1.29 is 0 Å². The summed E-state index contributed by atoms with van der Waals surface area (Å²) >= 11 is 0. The second kappa shape index (κ2) is 9.43. The van der Waals surface area contributed by atoms with Crippen LogP contribution in [0.25, 0.3) is 5.57 Å². The Morgan fingerprint density at radius 3 is 2.12 bits per heavy atom. The van der Waals surface area contributed by atoms with Gasteiger partial charge in [-0.25, -0.2) is 0 Å². The second-order valence-electron chi connectivity index (χ2n) is 7.84. The molecule has 26 heavy (non-hydrogen) atoms. The Hall–Kier alpha value is -2.28. The van der Waals surface area contributed by atoms with Gasteiger partial charge in [-0.15, -0.1) is 0 Å². The summed E-state index contributed by atoms with van der Waals surface area (Å²) in [5.41, 5.74) is 6.11. The van der Waals surface area contributed by atoms with E-state index in [-0.39, 0.29) is 5.92 Å². The van der Waals surface area contributed by atoms with Crippen molar-refractivity contribution >= 4 is 5.57 Å². The summed E-state index contributed by atoms with van der Waals surface area (Å²) in [6.07, 6.45) is 0.942. The minimum atomic E-state index is 0.275. The van der Waals surface area contributed by atoms with E-state index < -0.39 is 0 Å². The van der Waals surface area contributed by atoms with Crippen LogP contribution >= 0.6 is 0 Å². The van der Waals surface area contributed by atoms with Gasteiger partial charge >= 0.3 is 0 Å². The van der Waals surface area contributed by atoms with Gasteiger partial charge in [0.15, 0.2) is 0 Å². The fourth-order valence-corrected chi connectivity index (χ4v) is 3.41. The predicted octanol–water partition coefficient (Wildman–Crippen LogP) is 6.58. The summed E-state index contributed by atoms with van der Waals surface area (Å²) in [5.74, 6) is 1.31. The molecule has 2 rings (SSSR count). The van der Waals surface area contributed by atoms with Crippen molar-refractivity contribution in [3.8, 4) is 0 Å². The van der Waals surface area contributed by atoms with Crippen LogP contribution in [0.4, 0.5) is 0 Å². The van der Waals surface area contributed by atoms with Crippen LogP contribution in [0.3, 0.4) is 0 Å². The number of aryl methyl sites for hydroxylation is 1. The maximum absolute atomic E-state index is 4.48. The lowest BCUT2D eigenvalue weighted by Crippen LogP contribution is -2.22. The van der Waals surface area contributed by atoms with Crippen molar-refractivity contribution in [2.24, 2.45) is 11.8 Å². The number of allylic oxidation sites excluding steroid dienone is 2. The third-order valence-corrected chi connectivity index (χ3v) is 4.85. The monoisotopic (exact) mass is 347 g/mol. The van der Waals surface area contributed by atoms with Crippen molar-refractivity contribution in [1.29, 1.82) is 0 Å². The van der Waals surface area contributed by atoms with E-state index in [1.165, 1.54) is 22.3 Å². The van der Waals surface area contributed by atoms with Gasteiger partial charge in [0.2, 0.25) is 0 Å². The Morgan fingerprint density at radius 1 is 0.923 bits per heavy atom. The smallest absolute Gasteiger partial charge is 0.0166 e. The number of benzene rings is 2. The van der Waals surface area contributed by atoms with Crippen LogP contribution in [0.2, 0.25) is 0 Å². The molecule has 0 fully saturated rings. The van der Waals surface area contributed by atoms with E-state index in [1.54, 1.807) is 0 Å². The number of nitrogens with one attached hydrogen (secondary N) is 1. The van der Waals surface area contributed by atoms with Gasteiger partial charge in [0, 0.05) is 18.2 Å². The summed E-state index contributed by atoms with van der Waals surface area (Å²) in [4.78, 5) is 0. The van der Waals surface area contributed by atoms with Gasteiger partial charge in [-0.05, 0) is 41.9 Å². The number of hydrogen-bond acceptors (Lipinski definition) is 1. The molecule has 0 aliphatic heterocycles. The summed E-state index contributed by atoms with van der Waals surface area (Å²) in [7, 11) is 0. The molecule has 0 amide bonds. The van der Waals surface area contributed by atoms with E-state index >= 15 is 0 Å². The topological polar surface area (TPSA) is 12.0 Å². The fourth-order valence-electron chi connectivity index (χ4n) is 3.41. The molecule has 0 aliphatic carbocycles. The van der Waals surface area contributed by atoms with Crippen molar-refractivity contribution in [2.45, 2.75) is 40.0 Å². The Labute approximate surface area is 159 Å². The summed E-state index contributed by atoms with van der Waals surface area (Å²) in [5, 5.41) is 3.48. The van der Waals surface area contributed by atoms with Crippen molar-refractivity contribution in [3.63, 3.8) is 0 Å². The molecule has 2 aromatic carbocycles. The number of rotatable bonds is 9. The maximum atomic E-state index is 4.48. The zero-order valence-electron chi connectivity index (χ0n) is 16.8. The molecule has 2 unspecified atom stereocenters. The highest BCUT2D eigenvalue weighted by Crippen LogP contribution is 2.39. The van der Waals surface area contributed by atoms with Gasteiger partial charge in [0.05, 0.1) is 0 Å². The van der Waals surface area contributed by atoms with Crippen LogP contribution in [-0.2, 0) is 0 Å². The Balaban J connectivity index is 2.22. The standard InChI is InChI=1S/C25H33N/c1-18(2)17-26-21(5)16-20(4)25(24-10-8-7-9-11-24)22(6)23-14-12-19(3)13-15-23/h7-15,18,20,25-26H,5-6,16-17H2,1-4H3. The molecule has 0 heterocycles. The Bertz CT molecular complexity index is 710. The Kier molecular flexibility index (Phi) is 7.26. The van der Waals surface area contributed by atoms with Crippen molar-refractivity contribution in [3.05, 3.63) is 90.1 Å². The van der Waals surface area contributed by atoms with Crippen LogP contribution in [0.5, 0.6) is 0 Å². The molecule has 1 N–H and O–H groups in total. The van der Waals surface area contributed by atoms with Crippen LogP contribution in [0.15, 0.2) is 73.5 Å². The van der Waals surface area contributed by atoms with Gasteiger partial charge in [-0.2, -0.15) is 0 Å². The lowest BCUT2D eigenvalue weighted by Gasteiger charge is -2.28. The average Bonchev–Trinajstić information content (AvgIpc) is 2.61. The van der Waals surface area contributed by atoms with E-state index in [4.69, 9.17) is 0 Å². The average molecular weight is 348 g/mol. The van der Waals surface area contributed by atoms with Gasteiger partial charge in [0.1, 0.15) is 0 Å². The molecule has 1 heteroatoms. The largest absolute Gasteiger partial charge is 0.389 e. The SMILES string of the molecule is C=C(CC(C)C(C(=C)c1ccc(C)cc1)c1ccccc1)NCC(C)C. The molecule has 0 aromatic heterocycles. The van der Waals surface area contributed by atoms with Gasteiger partial charge in [-0.1, -0.05) is 94.1 Å². The highest BCUT2D eigenvalue weighted by molar-refractivity contribution is 5.70. The minimum Gasteiger partial charge on any atom is -0.389 e. The molecule has 0 saturated carbocycles. The lowest BCUT2D eigenvalue weighted by molar-refractivity contribution is 0.497. The quantitative estimate of drug-likeness (QED) is 0.540. The fraction of sp³-hybridized carbons (Fsp3) is 0.360. The Morgan fingerprint density at radius 2 is 1.54 bits per heavy atom. The van der Waals surface area contributed by atoms with E-state index in [0.717, 1.165) is 18.7 Å². The molecular formula is C25H33N. The van der Waals surface area contributed by atoms with Crippen LogP contribution in [0, 0.1) is 18.8 Å². The first-order valence-corrected chi connectivity index (χ1v) is 9.61. The van der Waals surface area contributed by atoms with Crippen molar-refractivity contribution in [1.82, 2.24) is 5.32 Å². The highest BCUT2D eigenvalue weighted by atomic mass is 14.9. The molecule has 2 aromatic rings.